The van der Waals surface area contributed by atoms with E-state index >= 15 is 0 Å². The lowest BCUT2D eigenvalue weighted by atomic mass is 10.2. The first-order valence-corrected chi connectivity index (χ1v) is 11.5. The van der Waals surface area contributed by atoms with E-state index in [0.29, 0.717) is 30.0 Å². The molecule has 4 rings (SSSR count). The summed E-state index contributed by atoms with van der Waals surface area (Å²) in [5, 5.41) is 2.76. The Bertz CT molecular complexity index is 1110. The van der Waals surface area contributed by atoms with Crippen molar-refractivity contribution in [2.75, 3.05) is 25.0 Å². The van der Waals surface area contributed by atoms with Crippen LogP contribution < -0.4 is 10.1 Å². The molecule has 1 aliphatic heterocycles. The quantitative estimate of drug-likeness (QED) is 0.643. The van der Waals surface area contributed by atoms with Gasteiger partial charge in [0, 0.05) is 13.1 Å². The summed E-state index contributed by atoms with van der Waals surface area (Å²) in [6, 6.07) is 11.5. The first-order valence-electron chi connectivity index (χ1n) is 9.28. The van der Waals surface area contributed by atoms with Gasteiger partial charge in [0.15, 0.2) is 6.61 Å². The molecule has 2 aromatic carbocycles. The molecule has 0 aliphatic carbocycles. The van der Waals surface area contributed by atoms with Crippen LogP contribution in [0.4, 0.5) is 5.69 Å². The molecule has 1 aliphatic rings. The second-order valence-electron chi connectivity index (χ2n) is 6.71. The number of amides is 1. The van der Waals surface area contributed by atoms with Gasteiger partial charge in [-0.15, -0.1) is 0 Å². The van der Waals surface area contributed by atoms with Crippen LogP contribution in [-0.4, -0.2) is 47.1 Å². The van der Waals surface area contributed by atoms with E-state index in [0.717, 1.165) is 36.5 Å². The maximum absolute atomic E-state index is 12.7. The molecule has 0 saturated carbocycles. The molecule has 0 atom stereocenters. The number of nitrogens with one attached hydrogen (secondary N) is 1. The Balaban J connectivity index is 1.36. The van der Waals surface area contributed by atoms with E-state index in [1.807, 2.05) is 6.07 Å². The predicted octanol–water partition coefficient (Wildman–Crippen LogP) is 2.88. The molecule has 0 spiro atoms. The number of benzene rings is 2. The average molecular weight is 433 g/mol. The summed E-state index contributed by atoms with van der Waals surface area (Å²) in [5.41, 5.74) is 1.94. The number of piperidine rings is 1. The van der Waals surface area contributed by atoms with E-state index in [9.17, 15) is 13.2 Å². The molecular formula is C19H20N4O4S2. The number of anilines is 1. The summed E-state index contributed by atoms with van der Waals surface area (Å²) in [4.78, 5) is 12.4. The van der Waals surface area contributed by atoms with Crippen molar-refractivity contribution in [2.45, 2.75) is 24.2 Å². The summed E-state index contributed by atoms with van der Waals surface area (Å²) >= 11 is 1.08. The number of carbonyl (C=O) groups excluding carboxylic acids is 1. The maximum Gasteiger partial charge on any atom is 0.262 e. The first kappa shape index (κ1) is 19.7. The first-order chi connectivity index (χ1) is 14.0. The van der Waals surface area contributed by atoms with Crippen LogP contribution in [0.2, 0.25) is 0 Å². The van der Waals surface area contributed by atoms with Crippen molar-refractivity contribution in [1.82, 2.24) is 13.1 Å². The van der Waals surface area contributed by atoms with Crippen LogP contribution in [0, 0.1) is 0 Å². The Hall–Kier alpha value is -2.56. The monoisotopic (exact) mass is 432 g/mol. The smallest absolute Gasteiger partial charge is 0.262 e. The van der Waals surface area contributed by atoms with Crippen molar-refractivity contribution >= 4 is 44.4 Å². The molecule has 152 valence electrons. The lowest BCUT2D eigenvalue weighted by Crippen LogP contribution is -2.35. The zero-order valence-electron chi connectivity index (χ0n) is 15.6. The highest BCUT2D eigenvalue weighted by Crippen LogP contribution is 2.23. The van der Waals surface area contributed by atoms with Crippen molar-refractivity contribution in [3.63, 3.8) is 0 Å². The highest BCUT2D eigenvalue weighted by atomic mass is 32.2. The van der Waals surface area contributed by atoms with Gasteiger partial charge in [0.1, 0.15) is 16.8 Å². The Morgan fingerprint density at radius 1 is 1.07 bits per heavy atom. The number of aromatic nitrogens is 2. The normalized spacial score (nSPS) is 15.3. The fourth-order valence-electron chi connectivity index (χ4n) is 3.20. The Kier molecular flexibility index (Phi) is 5.74. The Morgan fingerprint density at radius 2 is 1.83 bits per heavy atom. The van der Waals surface area contributed by atoms with E-state index in [1.54, 1.807) is 24.3 Å². The topological polar surface area (TPSA) is 101 Å². The van der Waals surface area contributed by atoms with Gasteiger partial charge in [-0.3, -0.25) is 4.79 Å². The third kappa shape index (κ3) is 4.39. The van der Waals surface area contributed by atoms with Crippen LogP contribution in [0.25, 0.3) is 11.0 Å². The molecule has 1 aromatic heterocycles. The number of hydrogen-bond donors (Lipinski definition) is 1. The molecular weight excluding hydrogens is 412 g/mol. The van der Waals surface area contributed by atoms with Crippen LogP contribution in [0.1, 0.15) is 19.3 Å². The van der Waals surface area contributed by atoms with Crippen molar-refractivity contribution in [1.29, 1.82) is 0 Å². The molecule has 1 N–H and O–H groups in total. The minimum atomic E-state index is -3.48. The summed E-state index contributed by atoms with van der Waals surface area (Å²) < 4.78 is 40.7. The molecule has 1 fully saturated rings. The fourth-order valence-corrected chi connectivity index (χ4v) is 5.27. The number of carbonyl (C=O) groups is 1. The van der Waals surface area contributed by atoms with Crippen molar-refractivity contribution in [2.24, 2.45) is 0 Å². The average Bonchev–Trinajstić information content (AvgIpc) is 3.23. The minimum absolute atomic E-state index is 0.202. The number of hydrogen-bond acceptors (Lipinski definition) is 7. The molecule has 2 heterocycles. The third-order valence-electron chi connectivity index (χ3n) is 4.71. The van der Waals surface area contributed by atoms with E-state index in [-0.39, 0.29) is 17.4 Å². The second kappa shape index (κ2) is 8.44. The number of ether oxygens (including phenoxy) is 1. The van der Waals surface area contributed by atoms with Gasteiger partial charge in [-0.2, -0.15) is 13.1 Å². The van der Waals surface area contributed by atoms with Crippen molar-refractivity contribution < 1.29 is 17.9 Å². The number of rotatable bonds is 6. The molecule has 0 radical (unpaired) electrons. The van der Waals surface area contributed by atoms with Crippen LogP contribution in [0.3, 0.4) is 0 Å². The van der Waals surface area contributed by atoms with Crippen molar-refractivity contribution in [3.05, 3.63) is 42.5 Å². The van der Waals surface area contributed by atoms with Gasteiger partial charge in [0.2, 0.25) is 10.0 Å². The SMILES string of the molecule is O=C(COc1ccc(S(=O)(=O)N2CCCCC2)cc1)Nc1cccc2nsnc12. The molecule has 0 unspecified atom stereocenters. The lowest BCUT2D eigenvalue weighted by molar-refractivity contribution is -0.118. The van der Waals surface area contributed by atoms with Gasteiger partial charge in [-0.25, -0.2) is 8.42 Å². The summed E-state index contributed by atoms with van der Waals surface area (Å²) in [6.45, 7) is 0.913. The summed E-state index contributed by atoms with van der Waals surface area (Å²) in [7, 11) is -3.48. The summed E-state index contributed by atoms with van der Waals surface area (Å²) in [6.07, 6.45) is 2.84. The third-order valence-corrected chi connectivity index (χ3v) is 7.16. The van der Waals surface area contributed by atoms with Gasteiger partial charge < -0.3 is 10.1 Å². The van der Waals surface area contributed by atoms with E-state index < -0.39 is 10.0 Å². The number of nitrogens with zero attached hydrogens (tertiary/aromatic N) is 3. The number of sulfonamides is 1. The molecule has 8 nitrogen and oxygen atoms in total. The van der Waals surface area contributed by atoms with Gasteiger partial charge in [0.25, 0.3) is 5.91 Å². The van der Waals surface area contributed by atoms with Gasteiger partial charge >= 0.3 is 0 Å². The summed E-state index contributed by atoms with van der Waals surface area (Å²) in [5.74, 6) is 0.0850. The second-order valence-corrected chi connectivity index (χ2v) is 9.18. The molecule has 1 amide bonds. The van der Waals surface area contributed by atoms with E-state index in [2.05, 4.69) is 14.1 Å². The van der Waals surface area contributed by atoms with E-state index in [4.69, 9.17) is 4.74 Å². The molecule has 3 aromatic rings. The van der Waals surface area contributed by atoms with Crippen LogP contribution in [-0.2, 0) is 14.8 Å². The fraction of sp³-hybridized carbons (Fsp3) is 0.316. The molecule has 0 bridgehead atoms. The van der Waals surface area contributed by atoms with Crippen LogP contribution in [0.5, 0.6) is 5.75 Å². The van der Waals surface area contributed by atoms with Crippen LogP contribution >= 0.6 is 11.7 Å². The lowest BCUT2D eigenvalue weighted by Gasteiger charge is -2.25. The molecule has 29 heavy (non-hydrogen) atoms. The molecule has 10 heteroatoms. The number of fused-ring (bicyclic) bond motifs is 1. The minimum Gasteiger partial charge on any atom is -0.484 e. The van der Waals surface area contributed by atoms with Gasteiger partial charge in [0.05, 0.1) is 22.3 Å². The van der Waals surface area contributed by atoms with Crippen molar-refractivity contribution in [3.8, 4) is 5.75 Å². The highest BCUT2D eigenvalue weighted by molar-refractivity contribution is 7.89. The highest BCUT2D eigenvalue weighted by Gasteiger charge is 2.25. The maximum atomic E-state index is 12.7. The standard InChI is InChI=1S/C19H20N4O4S2/c24-18(20-16-5-4-6-17-19(16)22-28-21-17)13-27-14-7-9-15(10-8-14)29(25,26)23-11-2-1-3-12-23/h4-10H,1-3,11-13H2,(H,20,24). The zero-order chi connectivity index (χ0) is 20.3. The van der Waals surface area contributed by atoms with Crippen LogP contribution in [0.15, 0.2) is 47.4 Å². The molecule has 1 saturated heterocycles. The zero-order valence-corrected chi connectivity index (χ0v) is 17.2. The Labute approximate surface area is 172 Å². The van der Waals surface area contributed by atoms with Gasteiger partial charge in [-0.05, 0) is 49.2 Å². The predicted molar refractivity (Wildman–Crippen MR) is 111 cm³/mol. The van der Waals surface area contributed by atoms with E-state index in [1.165, 1.54) is 16.4 Å². The Morgan fingerprint density at radius 3 is 2.59 bits per heavy atom. The van der Waals surface area contributed by atoms with Gasteiger partial charge in [-0.1, -0.05) is 12.5 Å². The largest absolute Gasteiger partial charge is 0.484 e.